The Labute approximate surface area is 210 Å². The first-order valence-corrected chi connectivity index (χ1v) is 12.0. The molecule has 1 atom stereocenters. The lowest BCUT2D eigenvalue weighted by atomic mass is 9.91. The second-order valence-corrected chi connectivity index (χ2v) is 8.88. The molecular formula is C28H30N2O6. The zero-order valence-corrected chi connectivity index (χ0v) is 21.3. The van der Waals surface area contributed by atoms with Gasteiger partial charge in [0, 0.05) is 35.8 Å². The van der Waals surface area contributed by atoms with E-state index in [2.05, 4.69) is 23.8 Å². The summed E-state index contributed by atoms with van der Waals surface area (Å²) in [5, 5.41) is 0.806. The minimum atomic E-state index is -0.327. The van der Waals surface area contributed by atoms with E-state index in [0.29, 0.717) is 29.4 Å². The Hall–Kier alpha value is -3.83. The van der Waals surface area contributed by atoms with Crippen molar-refractivity contribution in [2.75, 3.05) is 40.7 Å². The molecule has 0 radical (unpaired) electrons. The van der Waals surface area contributed by atoms with Gasteiger partial charge in [0.15, 0.2) is 11.5 Å². The number of methoxy groups -OCH3 is 1. The number of esters is 1. The van der Waals surface area contributed by atoms with E-state index in [9.17, 15) is 4.79 Å². The van der Waals surface area contributed by atoms with Crippen LogP contribution in [0.1, 0.15) is 40.1 Å². The Bertz CT molecular complexity index is 1400. The van der Waals surface area contributed by atoms with Crippen LogP contribution in [0.4, 0.5) is 0 Å². The van der Waals surface area contributed by atoms with Crippen molar-refractivity contribution < 1.29 is 28.5 Å². The molecule has 0 saturated heterocycles. The third kappa shape index (κ3) is 3.99. The van der Waals surface area contributed by atoms with Gasteiger partial charge in [-0.3, -0.25) is 4.90 Å². The molecule has 2 aliphatic rings. The van der Waals surface area contributed by atoms with Crippen molar-refractivity contribution in [3.8, 4) is 34.8 Å². The molecule has 0 spiro atoms. The van der Waals surface area contributed by atoms with Crippen molar-refractivity contribution in [2.45, 2.75) is 26.3 Å². The third-order valence-corrected chi connectivity index (χ3v) is 6.89. The number of hydrogen-bond donors (Lipinski definition) is 0. The minimum Gasteiger partial charge on any atom is -0.492 e. The minimum absolute atomic E-state index is 0.156. The molecule has 0 saturated carbocycles. The number of likely N-dealkylation sites (N-methyl/N-ethyl adjacent to an activating group) is 1. The highest BCUT2D eigenvalue weighted by Crippen LogP contribution is 2.49. The summed E-state index contributed by atoms with van der Waals surface area (Å²) in [6, 6.07) is 7.60. The quantitative estimate of drug-likeness (QED) is 0.395. The number of aromatic nitrogens is 1. The molecule has 0 bridgehead atoms. The van der Waals surface area contributed by atoms with Crippen LogP contribution in [0.5, 0.6) is 23.0 Å². The van der Waals surface area contributed by atoms with Gasteiger partial charge >= 0.3 is 5.97 Å². The average Bonchev–Trinajstić information content (AvgIpc) is 3.43. The number of fused-ring (bicyclic) bond motifs is 3. The molecule has 5 rings (SSSR count). The van der Waals surface area contributed by atoms with Gasteiger partial charge in [0.2, 0.25) is 12.5 Å². The van der Waals surface area contributed by atoms with Crippen molar-refractivity contribution in [1.82, 2.24) is 9.47 Å². The van der Waals surface area contributed by atoms with Crippen LogP contribution < -0.4 is 18.9 Å². The molecule has 36 heavy (non-hydrogen) atoms. The van der Waals surface area contributed by atoms with Gasteiger partial charge in [0.05, 0.1) is 19.3 Å². The lowest BCUT2D eigenvalue weighted by Gasteiger charge is -2.32. The van der Waals surface area contributed by atoms with Crippen LogP contribution in [0.3, 0.4) is 0 Å². The van der Waals surface area contributed by atoms with E-state index >= 15 is 0 Å². The molecule has 1 aromatic heterocycles. The molecule has 8 heteroatoms. The zero-order chi connectivity index (χ0) is 25.4. The fourth-order valence-electron chi connectivity index (χ4n) is 4.97. The SMILES string of the molecule is CCOC(=O)c1c(C)n(C)c2ccc(OCC#C[C@@H]3c4c(cc5c(c4OC)OCO5)CCN3C)cc12. The molecule has 2 aromatic carbocycles. The van der Waals surface area contributed by atoms with Gasteiger partial charge < -0.3 is 28.3 Å². The van der Waals surface area contributed by atoms with Gasteiger partial charge in [-0.15, -0.1) is 0 Å². The summed E-state index contributed by atoms with van der Waals surface area (Å²) >= 11 is 0. The zero-order valence-electron chi connectivity index (χ0n) is 21.3. The second-order valence-electron chi connectivity index (χ2n) is 8.88. The normalized spacial score (nSPS) is 16.3. The fourth-order valence-corrected chi connectivity index (χ4v) is 4.97. The van der Waals surface area contributed by atoms with Crippen LogP contribution in [0.2, 0.25) is 0 Å². The average molecular weight is 491 g/mol. The van der Waals surface area contributed by atoms with E-state index in [1.54, 1.807) is 14.0 Å². The van der Waals surface area contributed by atoms with Gasteiger partial charge in [0.25, 0.3) is 0 Å². The van der Waals surface area contributed by atoms with Crippen molar-refractivity contribution >= 4 is 16.9 Å². The largest absolute Gasteiger partial charge is 0.492 e. The van der Waals surface area contributed by atoms with E-state index in [0.717, 1.165) is 46.4 Å². The summed E-state index contributed by atoms with van der Waals surface area (Å²) in [6.07, 6.45) is 0.882. The number of aryl methyl sites for hydroxylation is 1. The van der Waals surface area contributed by atoms with Crippen molar-refractivity contribution in [2.24, 2.45) is 7.05 Å². The highest BCUT2D eigenvalue weighted by atomic mass is 16.7. The standard InChI is InChI=1S/C28H30N2O6/c1-6-33-28(31)24-17(2)30(4)21-10-9-19(15-20(21)24)34-13-7-8-22-25-18(11-12-29(22)3)14-23-26(27(25)32-5)36-16-35-23/h9-10,14-15,22H,6,11-13,16H2,1-5H3/t22-/m1/s1. The number of ether oxygens (including phenoxy) is 5. The number of benzene rings is 2. The lowest BCUT2D eigenvalue weighted by Crippen LogP contribution is -2.31. The first-order valence-electron chi connectivity index (χ1n) is 12.0. The second kappa shape index (κ2) is 9.67. The lowest BCUT2D eigenvalue weighted by molar-refractivity contribution is 0.0527. The monoisotopic (exact) mass is 490 g/mol. The van der Waals surface area contributed by atoms with Gasteiger partial charge in [-0.2, -0.15) is 0 Å². The molecule has 0 fully saturated rings. The van der Waals surface area contributed by atoms with E-state index in [4.69, 9.17) is 23.7 Å². The van der Waals surface area contributed by atoms with E-state index < -0.39 is 0 Å². The predicted molar refractivity (Wildman–Crippen MR) is 135 cm³/mol. The first-order chi connectivity index (χ1) is 17.4. The number of carbonyl (C=O) groups excluding carboxylic acids is 1. The van der Waals surface area contributed by atoms with Gasteiger partial charge in [-0.05, 0) is 57.1 Å². The molecule has 3 aromatic rings. The van der Waals surface area contributed by atoms with Crippen LogP contribution in [-0.2, 0) is 18.2 Å². The highest BCUT2D eigenvalue weighted by Gasteiger charge is 2.33. The van der Waals surface area contributed by atoms with Crippen molar-refractivity contribution in [1.29, 1.82) is 0 Å². The Kier molecular flexibility index (Phi) is 6.42. The smallest absolute Gasteiger partial charge is 0.340 e. The number of carbonyl (C=O) groups is 1. The summed E-state index contributed by atoms with van der Waals surface area (Å²) in [5.41, 5.74) is 4.54. The van der Waals surface area contributed by atoms with Gasteiger partial charge in [0.1, 0.15) is 18.4 Å². The topological polar surface area (TPSA) is 71.4 Å². The predicted octanol–water partition coefficient (Wildman–Crippen LogP) is 4.01. The molecule has 3 heterocycles. The van der Waals surface area contributed by atoms with E-state index in [1.165, 1.54) is 0 Å². The molecule has 0 unspecified atom stereocenters. The molecule has 188 valence electrons. The molecule has 0 amide bonds. The Morgan fingerprint density at radius 1 is 1.22 bits per heavy atom. The van der Waals surface area contributed by atoms with Crippen LogP contribution in [0.15, 0.2) is 24.3 Å². The Morgan fingerprint density at radius 2 is 2.06 bits per heavy atom. The van der Waals surface area contributed by atoms with E-state index in [-0.39, 0.29) is 25.4 Å². The Balaban J connectivity index is 1.39. The maximum absolute atomic E-state index is 12.6. The first kappa shape index (κ1) is 23.9. The third-order valence-electron chi connectivity index (χ3n) is 6.89. The summed E-state index contributed by atoms with van der Waals surface area (Å²) < 4.78 is 30.2. The van der Waals surface area contributed by atoms with Crippen LogP contribution in [-0.4, -0.2) is 56.1 Å². The van der Waals surface area contributed by atoms with Crippen molar-refractivity contribution in [3.05, 3.63) is 46.6 Å². The van der Waals surface area contributed by atoms with Crippen molar-refractivity contribution in [3.63, 3.8) is 0 Å². The molecule has 2 aliphatic heterocycles. The summed E-state index contributed by atoms with van der Waals surface area (Å²) in [5.74, 6) is 8.89. The Morgan fingerprint density at radius 3 is 2.83 bits per heavy atom. The molecular weight excluding hydrogens is 460 g/mol. The molecule has 8 nitrogen and oxygen atoms in total. The fraction of sp³-hybridized carbons (Fsp3) is 0.393. The maximum atomic E-state index is 12.6. The maximum Gasteiger partial charge on any atom is 0.340 e. The summed E-state index contributed by atoms with van der Waals surface area (Å²) in [7, 11) is 5.63. The summed E-state index contributed by atoms with van der Waals surface area (Å²) in [4.78, 5) is 14.8. The molecule has 0 aliphatic carbocycles. The van der Waals surface area contributed by atoms with Crippen LogP contribution in [0, 0.1) is 18.8 Å². The van der Waals surface area contributed by atoms with Gasteiger partial charge in [-0.1, -0.05) is 11.8 Å². The number of rotatable bonds is 5. The van der Waals surface area contributed by atoms with Gasteiger partial charge in [-0.25, -0.2) is 4.79 Å². The number of hydrogen-bond acceptors (Lipinski definition) is 7. The van der Waals surface area contributed by atoms with Crippen LogP contribution >= 0.6 is 0 Å². The molecule has 0 N–H and O–H groups in total. The van der Waals surface area contributed by atoms with E-state index in [1.807, 2.05) is 42.8 Å². The number of nitrogens with zero attached hydrogens (tertiary/aromatic N) is 2. The highest BCUT2D eigenvalue weighted by molar-refractivity contribution is 6.06. The summed E-state index contributed by atoms with van der Waals surface area (Å²) in [6.45, 7) is 5.31. The van der Waals surface area contributed by atoms with Crippen LogP contribution in [0.25, 0.3) is 10.9 Å².